The van der Waals surface area contributed by atoms with Crippen molar-refractivity contribution in [1.29, 1.82) is 0 Å². The fourth-order valence-corrected chi connectivity index (χ4v) is 9.95. The lowest BCUT2D eigenvalue weighted by Crippen LogP contribution is -2.60. The number of methoxy groups -OCH3 is 1. The molecule has 0 amide bonds. The van der Waals surface area contributed by atoms with Crippen molar-refractivity contribution >= 4 is 53.3 Å². The molecule has 1 fully saturated rings. The largest absolute Gasteiger partial charge is 0.497 e. The van der Waals surface area contributed by atoms with E-state index in [2.05, 4.69) is 138 Å². The van der Waals surface area contributed by atoms with E-state index < -0.39 is 25.0 Å². The zero-order chi connectivity index (χ0) is 40.8. The summed E-state index contributed by atoms with van der Waals surface area (Å²) >= 11 is 2.23. The second-order valence-electron chi connectivity index (χ2n) is 20.1. The Morgan fingerprint density at radius 2 is 1.34 bits per heavy atom. The topological polar surface area (TPSA) is 72.5 Å². The molecule has 7 atom stereocenters. The number of hydrogen-bond acceptors (Lipinski definition) is 7. The molecule has 3 unspecified atom stereocenters. The van der Waals surface area contributed by atoms with Gasteiger partial charge >= 0.3 is 0 Å². The van der Waals surface area contributed by atoms with Gasteiger partial charge in [-0.1, -0.05) is 111 Å². The number of carbonyl (C=O) groups is 1. The van der Waals surface area contributed by atoms with Crippen LogP contribution in [0.25, 0.3) is 0 Å². The van der Waals surface area contributed by atoms with Crippen LogP contribution < -0.4 is 4.74 Å². The van der Waals surface area contributed by atoms with Crippen LogP contribution in [0.5, 0.6) is 5.75 Å². The van der Waals surface area contributed by atoms with Gasteiger partial charge in [0.2, 0.25) is 0 Å². The van der Waals surface area contributed by atoms with Crippen molar-refractivity contribution in [3.8, 4) is 5.75 Å². The van der Waals surface area contributed by atoms with Crippen LogP contribution in [0.3, 0.4) is 0 Å². The van der Waals surface area contributed by atoms with Crippen LogP contribution in [0.15, 0.2) is 34.4 Å². The molecule has 306 valence electrons. The molecule has 1 aliphatic rings. The van der Waals surface area contributed by atoms with Crippen LogP contribution in [-0.2, 0) is 34.2 Å². The third-order valence-corrected chi connectivity index (χ3v) is 26.5. The summed E-state index contributed by atoms with van der Waals surface area (Å²) in [5.74, 6) is 0.997. The Hall–Kier alpha value is -0.389. The maximum atomic E-state index is 13.9. The highest BCUT2D eigenvalue weighted by molar-refractivity contribution is 14.1. The van der Waals surface area contributed by atoms with E-state index in [0.29, 0.717) is 26.1 Å². The summed E-state index contributed by atoms with van der Waals surface area (Å²) in [6, 6.07) is 7.91. The van der Waals surface area contributed by atoms with Crippen molar-refractivity contribution in [3.05, 3.63) is 40.0 Å². The Morgan fingerprint density at radius 1 is 0.830 bits per heavy atom. The summed E-state index contributed by atoms with van der Waals surface area (Å²) in [6.07, 6.45) is 2.59. The van der Waals surface area contributed by atoms with E-state index in [4.69, 9.17) is 27.5 Å². The number of Topliss-reactive ketones (excluding diaryl/α,β-unsaturated/α-hetero) is 1. The first-order valence-corrected chi connectivity index (χ1v) is 29.7. The number of rotatable bonds is 18. The Kier molecular flexibility index (Phi) is 17.8. The highest BCUT2D eigenvalue weighted by Crippen LogP contribution is 2.44. The molecule has 1 heterocycles. The number of benzene rings is 1. The Labute approximate surface area is 341 Å². The van der Waals surface area contributed by atoms with Gasteiger partial charge in [-0.05, 0) is 94.1 Å². The smallest absolute Gasteiger partial charge is 0.192 e. The zero-order valence-electron chi connectivity index (χ0n) is 36.8. The summed E-state index contributed by atoms with van der Waals surface area (Å²) in [7, 11) is -4.76. The van der Waals surface area contributed by atoms with Crippen molar-refractivity contribution in [1.82, 2.24) is 0 Å². The van der Waals surface area contributed by atoms with Crippen LogP contribution in [0.1, 0.15) is 101 Å². The average Bonchev–Trinajstić information content (AvgIpc) is 3.00. The minimum atomic E-state index is -2.20. The molecule has 0 spiro atoms. The number of halogens is 1. The van der Waals surface area contributed by atoms with Gasteiger partial charge in [0.15, 0.2) is 25.0 Å². The van der Waals surface area contributed by atoms with Crippen LogP contribution in [0.2, 0.25) is 54.4 Å². The molecule has 0 N–H and O–H groups in total. The van der Waals surface area contributed by atoms with Crippen molar-refractivity contribution in [2.75, 3.05) is 13.7 Å². The first-order valence-electron chi connectivity index (χ1n) is 19.7. The molecule has 7 nitrogen and oxygen atoms in total. The van der Waals surface area contributed by atoms with Gasteiger partial charge in [0.05, 0.1) is 44.7 Å². The van der Waals surface area contributed by atoms with Gasteiger partial charge in [0, 0.05) is 19.3 Å². The van der Waals surface area contributed by atoms with E-state index in [1.165, 1.54) is 0 Å². The second-order valence-corrected chi connectivity index (χ2v) is 35.2. The number of hydrogen-bond donors (Lipinski definition) is 0. The summed E-state index contributed by atoms with van der Waals surface area (Å²) in [5, 5.41) is 0.144. The summed E-state index contributed by atoms with van der Waals surface area (Å²) < 4.78 is 42.1. The van der Waals surface area contributed by atoms with E-state index in [9.17, 15) is 4.79 Å². The number of ketones is 1. The molecule has 0 bridgehead atoms. The molecule has 53 heavy (non-hydrogen) atoms. The Balaban J connectivity index is 2.37. The van der Waals surface area contributed by atoms with Crippen LogP contribution in [-0.4, -0.2) is 75.0 Å². The van der Waals surface area contributed by atoms with E-state index in [-0.39, 0.29) is 63.3 Å². The van der Waals surface area contributed by atoms with Gasteiger partial charge in [-0.3, -0.25) is 4.79 Å². The molecular formula is C42H77IO7Si3. The molecule has 0 aliphatic carbocycles. The van der Waals surface area contributed by atoms with Crippen LogP contribution in [0, 0.1) is 11.8 Å². The first-order chi connectivity index (χ1) is 24.0. The molecule has 1 aromatic rings. The van der Waals surface area contributed by atoms with Crippen molar-refractivity contribution in [2.24, 2.45) is 11.8 Å². The van der Waals surface area contributed by atoms with Gasteiger partial charge in [-0.15, -0.1) is 0 Å². The van der Waals surface area contributed by atoms with E-state index in [1.807, 2.05) is 34.4 Å². The highest BCUT2D eigenvalue weighted by Gasteiger charge is 2.50. The van der Waals surface area contributed by atoms with E-state index in [1.54, 1.807) is 7.11 Å². The van der Waals surface area contributed by atoms with Crippen LogP contribution >= 0.6 is 22.6 Å². The fraction of sp³-hybridized carbons (Fsp3) is 0.786. The third-order valence-electron chi connectivity index (χ3n) is 12.6. The van der Waals surface area contributed by atoms with Crippen molar-refractivity contribution in [3.63, 3.8) is 0 Å². The standard InChI is InChI=1S/C42H77IO7Si3/c1-30(35(23-24-43)46-28-32-19-21-34(45-12)22-20-32)25-33(44)26-31(2)39-37(50-53(17,18)42(9,10)11)27-36(49-52(15,16)41(6,7)8)38(48-39)29-47-51(13,14)40(3,4)5/h19-24,30-31,35-39H,25-29H2,1-18H3/b24-23+/t30?,31?,35?,36-,37+,38-,39+/m1/s1. The Morgan fingerprint density at radius 3 is 1.81 bits per heavy atom. The number of carbonyl (C=O) groups excluding carboxylic acids is 1. The maximum Gasteiger partial charge on any atom is 0.192 e. The molecule has 11 heteroatoms. The molecule has 1 aromatic carbocycles. The average molecular weight is 905 g/mol. The molecule has 1 aliphatic heterocycles. The van der Waals surface area contributed by atoms with Gasteiger partial charge in [0.25, 0.3) is 0 Å². The first kappa shape index (κ1) is 48.8. The summed E-state index contributed by atoms with van der Waals surface area (Å²) in [5.41, 5.74) is 1.06. The van der Waals surface area contributed by atoms with E-state index in [0.717, 1.165) is 17.7 Å². The molecule has 1 saturated heterocycles. The fourth-order valence-electron chi connectivity index (χ4n) is 5.82. The number of ether oxygens (including phenoxy) is 3. The van der Waals surface area contributed by atoms with Crippen molar-refractivity contribution in [2.45, 2.75) is 187 Å². The molecule has 0 radical (unpaired) electrons. The lowest BCUT2D eigenvalue weighted by atomic mass is 9.86. The normalized spacial score (nSPS) is 22.8. The monoisotopic (exact) mass is 904 g/mol. The molecular weight excluding hydrogens is 828 g/mol. The van der Waals surface area contributed by atoms with Gasteiger partial charge in [0.1, 0.15) is 17.6 Å². The van der Waals surface area contributed by atoms with Crippen molar-refractivity contribution < 1.29 is 32.3 Å². The predicted octanol–water partition coefficient (Wildman–Crippen LogP) is 12.1. The van der Waals surface area contributed by atoms with Gasteiger partial charge in [-0.25, -0.2) is 0 Å². The third kappa shape index (κ3) is 14.2. The minimum Gasteiger partial charge on any atom is -0.497 e. The quantitative estimate of drug-likeness (QED) is 0.107. The second kappa shape index (κ2) is 19.4. The lowest BCUT2D eigenvalue weighted by molar-refractivity contribution is -0.185. The lowest BCUT2D eigenvalue weighted by Gasteiger charge is -2.51. The Bertz CT molecular complexity index is 1310. The molecule has 2 rings (SSSR count). The van der Waals surface area contributed by atoms with Gasteiger partial charge < -0.3 is 27.5 Å². The van der Waals surface area contributed by atoms with Crippen LogP contribution in [0.4, 0.5) is 0 Å². The summed E-state index contributed by atoms with van der Waals surface area (Å²) in [6.45, 7) is 39.6. The SMILES string of the molecule is COc1ccc(COC(/C=C/I)C(C)CC(=O)CC(C)[C@@H]2O[C@H](CO[Si](C)(C)C(C)(C)C)[C@H](O[Si](C)(C)C(C)(C)C)C[C@@H]2O[Si](C)(C)C(C)(C)C)cc1. The van der Waals surface area contributed by atoms with Gasteiger partial charge in [-0.2, -0.15) is 0 Å². The summed E-state index contributed by atoms with van der Waals surface area (Å²) in [4.78, 5) is 13.9. The van der Waals surface area contributed by atoms with E-state index >= 15 is 0 Å². The highest BCUT2D eigenvalue weighted by atomic mass is 127. The minimum absolute atomic E-state index is 0.0126. The zero-order valence-corrected chi connectivity index (χ0v) is 41.9. The molecule has 0 saturated carbocycles. The predicted molar refractivity (Wildman–Crippen MR) is 238 cm³/mol. The molecule has 0 aromatic heterocycles. The maximum absolute atomic E-state index is 13.9.